The number of hydrogen-bond acceptors (Lipinski definition) is 5. The number of hydrogen-bond donors (Lipinski definition) is 1. The molecule has 2 aromatic carbocycles. The Balaban J connectivity index is 1.85. The second-order valence-electron chi connectivity index (χ2n) is 5.00. The summed E-state index contributed by atoms with van der Waals surface area (Å²) in [6.45, 7) is 0. The van der Waals surface area contributed by atoms with Crippen molar-refractivity contribution < 1.29 is 14.5 Å². The van der Waals surface area contributed by atoms with E-state index < -0.39 is 22.9 Å². The van der Waals surface area contributed by atoms with Gasteiger partial charge in [0.05, 0.1) is 10.6 Å². The van der Waals surface area contributed by atoms with Crippen LogP contribution in [-0.2, 0) is 4.79 Å². The maximum absolute atomic E-state index is 12.0. The van der Waals surface area contributed by atoms with Gasteiger partial charge in [-0.3, -0.25) is 30.1 Å². The first kappa shape index (κ1) is 15.3. The van der Waals surface area contributed by atoms with Crippen LogP contribution in [0.25, 0.3) is 0 Å². The highest BCUT2D eigenvalue weighted by molar-refractivity contribution is 6.21. The van der Waals surface area contributed by atoms with Gasteiger partial charge in [0.1, 0.15) is 0 Å². The number of urea groups is 1. The summed E-state index contributed by atoms with van der Waals surface area (Å²) in [5.41, 5.74) is 0.968. The second-order valence-corrected chi connectivity index (χ2v) is 5.00. The first-order valence-corrected chi connectivity index (χ1v) is 7.04. The Morgan fingerprint density at radius 1 is 1.08 bits per heavy atom. The van der Waals surface area contributed by atoms with Gasteiger partial charge in [0.25, 0.3) is 11.6 Å². The van der Waals surface area contributed by atoms with Gasteiger partial charge < -0.3 is 0 Å². The summed E-state index contributed by atoms with van der Waals surface area (Å²) in [6.07, 6.45) is 1.34. The number of anilines is 1. The number of carbonyl (C=O) groups is 2. The zero-order valence-corrected chi connectivity index (χ0v) is 12.3. The topological polar surface area (TPSA) is 105 Å². The highest BCUT2D eigenvalue weighted by Crippen LogP contribution is 2.21. The lowest BCUT2D eigenvalue weighted by molar-refractivity contribution is -0.384. The van der Waals surface area contributed by atoms with Crippen LogP contribution in [0.2, 0.25) is 0 Å². The molecule has 1 atom stereocenters. The van der Waals surface area contributed by atoms with Crippen LogP contribution in [0.4, 0.5) is 21.9 Å². The van der Waals surface area contributed by atoms with Crippen LogP contribution in [0.3, 0.4) is 0 Å². The van der Waals surface area contributed by atoms with E-state index in [1.807, 2.05) is 0 Å². The van der Waals surface area contributed by atoms with Crippen LogP contribution in [0.1, 0.15) is 0 Å². The van der Waals surface area contributed by atoms with Crippen molar-refractivity contribution in [3.8, 4) is 0 Å². The molecule has 8 nitrogen and oxygen atoms in total. The van der Waals surface area contributed by atoms with Crippen LogP contribution in [0.15, 0.2) is 59.6 Å². The molecule has 8 heteroatoms. The second kappa shape index (κ2) is 6.29. The number of nitrogens with one attached hydrogen (secondary N) is 1. The Kier molecular flexibility index (Phi) is 4.02. The van der Waals surface area contributed by atoms with Crippen molar-refractivity contribution in [3.63, 3.8) is 0 Å². The summed E-state index contributed by atoms with van der Waals surface area (Å²) in [5.74, 6) is -0.477. The van der Waals surface area contributed by atoms with E-state index in [1.165, 1.54) is 35.4 Å². The van der Waals surface area contributed by atoms with Crippen molar-refractivity contribution in [1.29, 1.82) is 0 Å². The van der Waals surface area contributed by atoms with Crippen molar-refractivity contribution in [3.05, 3.63) is 64.7 Å². The first-order valence-electron chi connectivity index (χ1n) is 7.04. The third kappa shape index (κ3) is 2.98. The van der Waals surface area contributed by atoms with Gasteiger partial charge in [-0.25, -0.2) is 4.79 Å². The molecule has 0 aromatic heterocycles. The minimum atomic E-state index is -0.880. The van der Waals surface area contributed by atoms with Crippen LogP contribution in [0.5, 0.6) is 0 Å². The molecule has 1 saturated heterocycles. The summed E-state index contributed by atoms with van der Waals surface area (Å²) >= 11 is 0. The van der Waals surface area contributed by atoms with Crippen molar-refractivity contribution in [2.45, 2.75) is 6.04 Å². The van der Waals surface area contributed by atoms with E-state index in [0.717, 1.165) is 0 Å². The van der Waals surface area contributed by atoms with E-state index in [9.17, 15) is 19.7 Å². The van der Waals surface area contributed by atoms with E-state index in [1.54, 1.807) is 30.3 Å². The van der Waals surface area contributed by atoms with Gasteiger partial charge in [0.15, 0.2) is 6.04 Å². The van der Waals surface area contributed by atoms with Gasteiger partial charge in [0, 0.05) is 24.0 Å². The van der Waals surface area contributed by atoms with Crippen molar-refractivity contribution >= 4 is 35.2 Å². The third-order valence-electron chi connectivity index (χ3n) is 3.46. The lowest BCUT2D eigenvalue weighted by Gasteiger charge is -2.18. The molecule has 1 fully saturated rings. The predicted molar refractivity (Wildman–Crippen MR) is 87.5 cm³/mol. The number of benzene rings is 2. The maximum Gasteiger partial charge on any atom is 0.329 e. The van der Waals surface area contributed by atoms with Crippen LogP contribution in [-0.4, -0.2) is 29.1 Å². The summed E-state index contributed by atoms with van der Waals surface area (Å²) in [7, 11) is 0. The molecule has 0 radical (unpaired) electrons. The van der Waals surface area contributed by atoms with Crippen LogP contribution < -0.4 is 10.2 Å². The lowest BCUT2D eigenvalue weighted by atomic mass is 10.2. The number of aliphatic imine (C=N–C) groups is 1. The summed E-state index contributed by atoms with van der Waals surface area (Å²) in [5, 5.41) is 12.9. The van der Waals surface area contributed by atoms with E-state index >= 15 is 0 Å². The Morgan fingerprint density at radius 2 is 1.75 bits per heavy atom. The number of nitro groups is 1. The van der Waals surface area contributed by atoms with Gasteiger partial charge >= 0.3 is 6.03 Å². The molecule has 120 valence electrons. The molecule has 0 bridgehead atoms. The Bertz CT molecular complexity index is 818. The van der Waals surface area contributed by atoms with E-state index in [0.29, 0.717) is 11.4 Å². The fraction of sp³-hybridized carbons (Fsp3) is 0.0625. The zero-order valence-electron chi connectivity index (χ0n) is 12.3. The van der Waals surface area contributed by atoms with Gasteiger partial charge in [-0.2, -0.15) is 0 Å². The van der Waals surface area contributed by atoms with Crippen LogP contribution in [0, 0.1) is 10.1 Å². The van der Waals surface area contributed by atoms with Crippen molar-refractivity contribution in [2.24, 2.45) is 4.99 Å². The summed E-state index contributed by atoms with van der Waals surface area (Å²) in [6, 6.07) is 12.9. The number of nitro benzene ring substituents is 1. The Labute approximate surface area is 136 Å². The SMILES string of the molecule is O=C1NC(=O)N(c2ccccc2)[C@H]1C=Nc1ccc([N+](=O)[O-])cc1. The average molecular weight is 324 g/mol. The van der Waals surface area contributed by atoms with Gasteiger partial charge in [-0.1, -0.05) is 18.2 Å². The van der Waals surface area contributed by atoms with Crippen LogP contribution >= 0.6 is 0 Å². The maximum atomic E-state index is 12.0. The van der Waals surface area contributed by atoms with Gasteiger partial charge in [-0.05, 0) is 24.3 Å². The molecule has 0 unspecified atom stereocenters. The number of rotatable bonds is 4. The minimum Gasteiger partial charge on any atom is -0.277 e. The van der Waals surface area contributed by atoms with Gasteiger partial charge in [-0.15, -0.1) is 0 Å². The number of non-ortho nitro benzene ring substituents is 1. The summed E-state index contributed by atoms with van der Waals surface area (Å²) < 4.78 is 0. The summed E-state index contributed by atoms with van der Waals surface area (Å²) in [4.78, 5) is 39.5. The monoisotopic (exact) mass is 324 g/mol. The molecular weight excluding hydrogens is 312 g/mol. The highest BCUT2D eigenvalue weighted by atomic mass is 16.6. The molecule has 0 saturated carbocycles. The zero-order chi connectivity index (χ0) is 17.1. The molecular formula is C16H12N4O4. The molecule has 2 aromatic rings. The number of para-hydroxylation sites is 1. The number of carbonyl (C=O) groups excluding carboxylic acids is 2. The molecule has 24 heavy (non-hydrogen) atoms. The quantitative estimate of drug-likeness (QED) is 0.403. The van der Waals surface area contributed by atoms with E-state index in [4.69, 9.17) is 0 Å². The van der Waals surface area contributed by atoms with Gasteiger partial charge in [0.2, 0.25) is 0 Å². The third-order valence-corrected chi connectivity index (χ3v) is 3.46. The molecule has 1 N–H and O–H groups in total. The molecule has 0 aliphatic carbocycles. The molecule has 1 heterocycles. The molecule has 0 spiro atoms. The van der Waals surface area contributed by atoms with Crippen molar-refractivity contribution in [2.75, 3.05) is 4.90 Å². The number of amides is 3. The lowest BCUT2D eigenvalue weighted by Crippen LogP contribution is -2.36. The molecule has 1 aliphatic heterocycles. The number of nitrogens with zero attached hydrogens (tertiary/aromatic N) is 3. The smallest absolute Gasteiger partial charge is 0.277 e. The van der Waals surface area contributed by atoms with Crippen molar-refractivity contribution in [1.82, 2.24) is 5.32 Å². The standard InChI is InChI=1S/C16H12N4O4/c21-15-14(10-17-11-6-8-13(9-7-11)20(23)24)19(16(22)18-15)12-4-2-1-3-5-12/h1-10,14H,(H,18,21,22)/t14-/m0/s1. The fourth-order valence-electron chi connectivity index (χ4n) is 2.30. The molecule has 3 rings (SSSR count). The average Bonchev–Trinajstić information content (AvgIpc) is 2.87. The van der Waals surface area contributed by atoms with E-state index in [2.05, 4.69) is 10.3 Å². The number of imide groups is 1. The molecule has 1 aliphatic rings. The largest absolute Gasteiger partial charge is 0.329 e. The molecule has 3 amide bonds. The predicted octanol–water partition coefficient (Wildman–Crippen LogP) is 2.42. The Morgan fingerprint density at radius 3 is 2.38 bits per heavy atom. The normalized spacial score (nSPS) is 17.3. The minimum absolute atomic E-state index is 0.0475. The Hall–Kier alpha value is -3.55. The van der Waals surface area contributed by atoms with E-state index in [-0.39, 0.29) is 5.69 Å². The first-order chi connectivity index (χ1) is 11.6. The highest BCUT2D eigenvalue weighted by Gasteiger charge is 2.38. The fourth-order valence-corrected chi connectivity index (χ4v) is 2.30.